The van der Waals surface area contributed by atoms with E-state index in [1.54, 1.807) is 13.2 Å². The van der Waals surface area contributed by atoms with Crippen molar-refractivity contribution in [2.75, 3.05) is 37.8 Å². The molecule has 0 aromatic heterocycles. The molecule has 4 heterocycles. The second kappa shape index (κ2) is 14.1. The Morgan fingerprint density at radius 2 is 1.93 bits per heavy atom. The molecule has 9 heteroatoms. The molecule has 234 valence electrons. The molecule has 1 saturated carbocycles. The summed E-state index contributed by atoms with van der Waals surface area (Å²) in [6, 6.07) is 13.6. The first-order valence-corrected chi connectivity index (χ1v) is 17.8. The Morgan fingerprint density at radius 1 is 1.12 bits per heavy atom. The van der Waals surface area contributed by atoms with Gasteiger partial charge in [-0.15, -0.1) is 0 Å². The van der Waals surface area contributed by atoms with E-state index >= 15 is 4.39 Å². The van der Waals surface area contributed by atoms with E-state index in [4.69, 9.17) is 16.3 Å². The first kappa shape index (κ1) is 31.2. The van der Waals surface area contributed by atoms with E-state index in [1.165, 1.54) is 6.07 Å². The zero-order chi connectivity index (χ0) is 29.9. The number of carbonyl (C=O) groups is 1. The average molecular weight is 630 g/mol. The number of amides is 1. The lowest BCUT2D eigenvalue weighted by molar-refractivity contribution is -0.117. The van der Waals surface area contributed by atoms with Crippen LogP contribution >= 0.6 is 11.6 Å². The second-order valence-electron chi connectivity index (χ2n) is 13.0. The van der Waals surface area contributed by atoms with E-state index in [0.29, 0.717) is 47.0 Å². The largest absolute Gasteiger partial charge is 0.381 e. The van der Waals surface area contributed by atoms with E-state index in [9.17, 15) is 9.00 Å². The molecule has 2 aromatic rings. The van der Waals surface area contributed by atoms with Crippen LogP contribution in [0.1, 0.15) is 74.8 Å². The first-order valence-electron chi connectivity index (χ1n) is 16.1. The third kappa shape index (κ3) is 7.19. The molecular formula is C34H45ClFN3O3S. The lowest BCUT2D eigenvalue weighted by atomic mass is 9.74. The minimum absolute atomic E-state index is 0.0228. The van der Waals surface area contributed by atoms with Crippen LogP contribution in [0.4, 0.5) is 10.1 Å². The van der Waals surface area contributed by atoms with Crippen LogP contribution in [-0.4, -0.2) is 70.0 Å². The standard InChI is InChI=1S/C34H45ClFN3O3S/c1-42-28-7-2-5-24(19-28)30(23-10-12-26(35)13-11-23)20-34(40)37-32-9-3-8-31(36)29(32)14-15-33-25-21-38(22-25)27-6-4-18-43(41)39(33)17-16-27/h3,8-13,24-25,27-28,30,33H,2,4-7,14-22H2,1H3,(H,37,40). The van der Waals surface area contributed by atoms with E-state index < -0.39 is 11.0 Å². The smallest absolute Gasteiger partial charge is 0.225 e. The number of ether oxygens (including phenoxy) is 1. The van der Waals surface area contributed by atoms with Gasteiger partial charge in [0.2, 0.25) is 5.91 Å². The summed E-state index contributed by atoms with van der Waals surface area (Å²) < 4.78 is 36.5. The maximum Gasteiger partial charge on any atom is 0.225 e. The summed E-state index contributed by atoms with van der Waals surface area (Å²) in [6.45, 7) is 2.93. The Labute approximate surface area is 263 Å². The molecule has 6 nitrogen and oxygen atoms in total. The summed E-state index contributed by atoms with van der Waals surface area (Å²) >= 11 is 6.19. The molecule has 2 aromatic carbocycles. The van der Waals surface area contributed by atoms with Gasteiger partial charge in [0.1, 0.15) is 5.82 Å². The van der Waals surface area contributed by atoms with Crippen LogP contribution in [0.15, 0.2) is 42.5 Å². The number of hydrogen-bond acceptors (Lipinski definition) is 4. The Kier molecular flexibility index (Phi) is 10.2. The number of hydrogen-bond donors (Lipinski definition) is 1. The molecule has 5 aliphatic rings. The van der Waals surface area contributed by atoms with Gasteiger partial charge in [-0.25, -0.2) is 12.9 Å². The summed E-state index contributed by atoms with van der Waals surface area (Å²) in [7, 11) is 0.777. The molecule has 1 N–H and O–H groups in total. The Morgan fingerprint density at radius 3 is 2.72 bits per heavy atom. The topological polar surface area (TPSA) is 61.9 Å². The SMILES string of the molecule is COC1CCCC(C(CC(=O)Nc2cccc(F)c2CCC2C3CN(C3)C3CCCS(=O)N2CC3)c2ccc(Cl)cc2)C1. The molecule has 7 rings (SSSR count). The molecule has 4 aliphatic heterocycles. The molecule has 0 radical (unpaired) electrons. The van der Waals surface area contributed by atoms with E-state index in [-0.39, 0.29) is 29.8 Å². The van der Waals surface area contributed by atoms with Gasteiger partial charge in [-0.05, 0) is 93.0 Å². The average Bonchev–Trinajstić information content (AvgIpc) is 2.96. The van der Waals surface area contributed by atoms with Crippen molar-refractivity contribution in [2.24, 2.45) is 11.8 Å². The van der Waals surface area contributed by atoms with Gasteiger partial charge in [-0.1, -0.05) is 36.2 Å². The fourth-order valence-electron chi connectivity index (χ4n) is 8.12. The minimum atomic E-state index is -0.990. The molecule has 5 fully saturated rings. The quantitative estimate of drug-likeness (QED) is 0.341. The van der Waals surface area contributed by atoms with Crippen molar-refractivity contribution in [1.82, 2.24) is 9.21 Å². The monoisotopic (exact) mass is 629 g/mol. The molecule has 0 spiro atoms. The summed E-state index contributed by atoms with van der Waals surface area (Å²) in [6.07, 6.45) is 9.02. The second-order valence-corrected chi connectivity index (χ2v) is 15.0. The van der Waals surface area contributed by atoms with Crippen molar-refractivity contribution in [2.45, 2.75) is 88.3 Å². The van der Waals surface area contributed by atoms with Crippen molar-refractivity contribution >= 4 is 34.2 Å². The van der Waals surface area contributed by atoms with Gasteiger partial charge in [-0.3, -0.25) is 9.69 Å². The van der Waals surface area contributed by atoms with Crippen molar-refractivity contribution < 1.29 is 18.1 Å². The molecule has 7 atom stereocenters. The fourth-order valence-corrected chi connectivity index (χ4v) is 9.78. The molecule has 4 saturated heterocycles. The van der Waals surface area contributed by atoms with E-state index in [0.717, 1.165) is 82.3 Å². The van der Waals surface area contributed by atoms with Crippen LogP contribution in [0.3, 0.4) is 0 Å². The van der Waals surface area contributed by atoms with Gasteiger partial charge < -0.3 is 10.1 Å². The van der Waals surface area contributed by atoms with Crippen molar-refractivity contribution in [1.29, 1.82) is 0 Å². The van der Waals surface area contributed by atoms with Gasteiger partial charge in [0.25, 0.3) is 0 Å². The van der Waals surface area contributed by atoms with Crippen molar-refractivity contribution in [3.63, 3.8) is 0 Å². The highest BCUT2D eigenvalue weighted by Gasteiger charge is 2.44. The Hall–Kier alpha value is -1.84. The maximum atomic E-state index is 15.4. The van der Waals surface area contributed by atoms with E-state index in [1.807, 2.05) is 30.3 Å². The number of rotatable bonds is 9. The summed E-state index contributed by atoms with van der Waals surface area (Å²) in [5.41, 5.74) is 2.20. The van der Waals surface area contributed by atoms with Gasteiger partial charge in [0, 0.05) is 73.2 Å². The number of benzene rings is 2. The zero-order valence-electron chi connectivity index (χ0n) is 25.2. The number of nitrogens with one attached hydrogen (secondary N) is 1. The summed E-state index contributed by atoms with van der Waals surface area (Å²) in [5.74, 6) is 1.11. The molecule has 43 heavy (non-hydrogen) atoms. The van der Waals surface area contributed by atoms with Crippen LogP contribution < -0.4 is 5.32 Å². The highest BCUT2D eigenvalue weighted by Crippen LogP contribution is 2.40. The molecule has 1 aliphatic carbocycles. The fraction of sp³-hybridized carbons (Fsp3) is 0.618. The van der Waals surface area contributed by atoms with E-state index in [2.05, 4.69) is 14.5 Å². The number of carbonyl (C=O) groups excluding carboxylic acids is 1. The van der Waals surface area contributed by atoms with Crippen molar-refractivity contribution in [3.05, 3.63) is 64.4 Å². The summed E-state index contributed by atoms with van der Waals surface area (Å²) in [5, 5.41) is 3.77. The molecule has 1 amide bonds. The lowest BCUT2D eigenvalue weighted by Gasteiger charge is -2.53. The minimum Gasteiger partial charge on any atom is -0.381 e. The third-order valence-electron chi connectivity index (χ3n) is 10.5. The van der Waals surface area contributed by atoms with Gasteiger partial charge in [0.05, 0.1) is 17.1 Å². The summed E-state index contributed by atoms with van der Waals surface area (Å²) in [4.78, 5) is 16.2. The van der Waals surface area contributed by atoms with Gasteiger partial charge in [-0.2, -0.15) is 0 Å². The van der Waals surface area contributed by atoms with Crippen LogP contribution in [0.5, 0.6) is 0 Å². The van der Waals surface area contributed by atoms with Crippen LogP contribution in [0.25, 0.3) is 0 Å². The highest BCUT2D eigenvalue weighted by atomic mass is 35.5. The molecular weight excluding hydrogens is 585 g/mol. The maximum absolute atomic E-state index is 15.4. The number of methoxy groups -OCH3 is 1. The van der Waals surface area contributed by atoms with Crippen LogP contribution in [0, 0.1) is 17.7 Å². The van der Waals surface area contributed by atoms with Gasteiger partial charge in [0.15, 0.2) is 0 Å². The number of halogens is 2. The lowest BCUT2D eigenvalue weighted by Crippen LogP contribution is -2.63. The van der Waals surface area contributed by atoms with Crippen LogP contribution in [0.2, 0.25) is 5.02 Å². The van der Waals surface area contributed by atoms with Crippen molar-refractivity contribution in [3.8, 4) is 0 Å². The Balaban J connectivity index is 1.17. The zero-order valence-corrected chi connectivity index (χ0v) is 26.8. The molecule has 7 unspecified atom stereocenters. The number of anilines is 1. The highest BCUT2D eigenvalue weighted by molar-refractivity contribution is 7.82. The third-order valence-corrected chi connectivity index (χ3v) is 12.4. The van der Waals surface area contributed by atoms with Gasteiger partial charge >= 0.3 is 0 Å². The normalized spacial score (nSPS) is 32.9. The molecule has 4 bridgehead atoms. The number of nitrogens with zero attached hydrogens (tertiary/aromatic N) is 2. The predicted octanol–water partition coefficient (Wildman–Crippen LogP) is 6.56. The predicted molar refractivity (Wildman–Crippen MR) is 171 cm³/mol. The first-order chi connectivity index (χ1) is 20.9. The van der Waals surface area contributed by atoms with Crippen LogP contribution in [-0.2, 0) is 26.9 Å². The Bertz CT molecular complexity index is 1290.